The van der Waals surface area contributed by atoms with E-state index in [1.54, 1.807) is 20.8 Å². The first-order valence-electron chi connectivity index (χ1n) is 8.54. The molecule has 2 saturated heterocycles. The van der Waals surface area contributed by atoms with E-state index in [0.717, 1.165) is 19.3 Å². The van der Waals surface area contributed by atoms with Gasteiger partial charge in [-0.2, -0.15) is 0 Å². The minimum atomic E-state index is -0.715. The van der Waals surface area contributed by atoms with Crippen molar-refractivity contribution in [2.45, 2.75) is 89.4 Å². The van der Waals surface area contributed by atoms with Gasteiger partial charge >= 0.3 is 5.97 Å². The monoisotopic (exact) mass is 324 g/mol. The Morgan fingerprint density at radius 1 is 1.13 bits per heavy atom. The number of carbonyl (C=O) groups is 3. The molecule has 2 N–H and O–H groups in total. The Morgan fingerprint density at radius 2 is 1.78 bits per heavy atom. The molecule has 0 aromatic rings. The van der Waals surface area contributed by atoms with Crippen LogP contribution in [0.25, 0.3) is 0 Å². The first kappa shape index (κ1) is 17.9. The summed E-state index contributed by atoms with van der Waals surface area (Å²) in [5, 5.41) is 0. The lowest BCUT2D eigenvalue weighted by Gasteiger charge is -2.38. The Kier molecular flexibility index (Phi) is 5.45. The smallest absolute Gasteiger partial charge is 0.329 e. The third kappa shape index (κ3) is 4.31. The van der Waals surface area contributed by atoms with E-state index >= 15 is 0 Å². The van der Waals surface area contributed by atoms with Crippen molar-refractivity contribution in [2.24, 2.45) is 5.73 Å². The molecule has 0 saturated carbocycles. The van der Waals surface area contributed by atoms with Crippen molar-refractivity contribution in [1.29, 1.82) is 0 Å². The van der Waals surface area contributed by atoms with Gasteiger partial charge in [-0.05, 0) is 40.0 Å². The zero-order valence-electron chi connectivity index (χ0n) is 14.3. The molecule has 6 nitrogen and oxygen atoms in total. The lowest BCUT2D eigenvalue weighted by molar-refractivity contribution is -0.168. The van der Waals surface area contributed by atoms with Crippen LogP contribution in [0.1, 0.15) is 65.7 Å². The van der Waals surface area contributed by atoms with E-state index in [1.807, 2.05) is 0 Å². The molecule has 3 unspecified atom stereocenters. The maximum Gasteiger partial charge on any atom is 0.329 e. The molecule has 0 spiro atoms. The largest absolute Gasteiger partial charge is 0.458 e. The van der Waals surface area contributed by atoms with E-state index in [4.69, 9.17) is 10.5 Å². The van der Waals surface area contributed by atoms with Gasteiger partial charge in [0.05, 0.1) is 12.1 Å². The van der Waals surface area contributed by atoms with Crippen molar-refractivity contribution in [1.82, 2.24) is 4.90 Å². The molecule has 130 valence electrons. The van der Waals surface area contributed by atoms with Crippen molar-refractivity contribution in [3.63, 3.8) is 0 Å². The average Bonchev–Trinajstić information content (AvgIpc) is 2.49. The number of hydrogen-bond donors (Lipinski definition) is 1. The topological polar surface area (TPSA) is 89.7 Å². The molecule has 2 heterocycles. The summed E-state index contributed by atoms with van der Waals surface area (Å²) in [4.78, 5) is 39.3. The second-order valence-electron chi connectivity index (χ2n) is 7.56. The zero-order valence-corrected chi connectivity index (χ0v) is 14.3. The van der Waals surface area contributed by atoms with Crippen LogP contribution in [0.2, 0.25) is 0 Å². The minimum absolute atomic E-state index is 0.0155. The van der Waals surface area contributed by atoms with E-state index < -0.39 is 29.7 Å². The Labute approximate surface area is 137 Å². The SMILES string of the molecule is CC(C)(C)OC(=O)C1CCCCCC2C(=O)CCC(N)C(=O)N21. The van der Waals surface area contributed by atoms with Gasteiger partial charge in [-0.1, -0.05) is 19.3 Å². The summed E-state index contributed by atoms with van der Waals surface area (Å²) in [6.45, 7) is 5.39. The maximum atomic E-state index is 12.7. The Balaban J connectivity index is 2.34. The summed E-state index contributed by atoms with van der Waals surface area (Å²) in [5.41, 5.74) is 5.30. The van der Waals surface area contributed by atoms with Gasteiger partial charge in [-0.15, -0.1) is 0 Å². The number of nitrogens with two attached hydrogens (primary N) is 1. The first-order valence-corrected chi connectivity index (χ1v) is 8.54. The number of rotatable bonds is 1. The van der Waals surface area contributed by atoms with Gasteiger partial charge in [-0.25, -0.2) is 4.79 Å². The molecule has 0 aromatic carbocycles. The fraction of sp³-hybridized carbons (Fsp3) is 0.824. The zero-order chi connectivity index (χ0) is 17.2. The second-order valence-corrected chi connectivity index (χ2v) is 7.56. The number of Topliss-reactive ketones (excluding diaryl/α,β-unsaturated/α-hetero) is 1. The summed E-state index contributed by atoms with van der Waals surface area (Å²) in [6, 6.07) is -1.96. The number of amides is 1. The number of fused-ring (bicyclic) bond motifs is 1. The van der Waals surface area contributed by atoms with Crippen LogP contribution in [-0.2, 0) is 19.1 Å². The molecule has 0 radical (unpaired) electrons. The third-order valence-electron chi connectivity index (χ3n) is 4.45. The highest BCUT2D eigenvalue weighted by Gasteiger charge is 2.43. The Morgan fingerprint density at radius 3 is 2.43 bits per heavy atom. The van der Waals surface area contributed by atoms with Crippen LogP contribution in [0, 0.1) is 0 Å². The minimum Gasteiger partial charge on any atom is -0.458 e. The van der Waals surface area contributed by atoms with E-state index in [-0.39, 0.29) is 11.7 Å². The van der Waals surface area contributed by atoms with Gasteiger partial charge in [0.25, 0.3) is 0 Å². The maximum absolute atomic E-state index is 12.7. The molecular formula is C17H28N2O4. The van der Waals surface area contributed by atoms with Gasteiger partial charge in [-0.3, -0.25) is 9.59 Å². The fourth-order valence-corrected chi connectivity index (χ4v) is 3.35. The molecule has 2 fully saturated rings. The molecule has 6 heteroatoms. The standard InChI is InChI=1S/C17H28N2O4/c1-17(2,3)23-16(22)13-8-6-4-5-7-12-14(20)10-9-11(18)15(21)19(12)13/h11-13H,4-10,18H2,1-3H3. The van der Waals surface area contributed by atoms with Crippen molar-refractivity contribution >= 4 is 17.7 Å². The van der Waals surface area contributed by atoms with Crippen LogP contribution in [0.5, 0.6) is 0 Å². The highest BCUT2D eigenvalue weighted by atomic mass is 16.6. The lowest BCUT2D eigenvalue weighted by atomic mass is 9.94. The van der Waals surface area contributed by atoms with Crippen LogP contribution in [-0.4, -0.2) is 46.3 Å². The quantitative estimate of drug-likeness (QED) is 0.739. The van der Waals surface area contributed by atoms with Crippen LogP contribution in [0.15, 0.2) is 0 Å². The average molecular weight is 324 g/mol. The molecule has 0 aromatic heterocycles. The molecule has 1 amide bonds. The third-order valence-corrected chi connectivity index (χ3v) is 4.45. The number of carbonyl (C=O) groups excluding carboxylic acids is 3. The van der Waals surface area contributed by atoms with Gasteiger partial charge in [0.1, 0.15) is 11.6 Å². The highest BCUT2D eigenvalue weighted by Crippen LogP contribution is 2.28. The van der Waals surface area contributed by atoms with Crippen molar-refractivity contribution in [3.05, 3.63) is 0 Å². The molecular weight excluding hydrogens is 296 g/mol. The molecule has 2 rings (SSSR count). The summed E-state index contributed by atoms with van der Waals surface area (Å²) in [6.07, 6.45) is 4.46. The number of nitrogens with zero attached hydrogens (tertiary/aromatic N) is 1. The predicted molar refractivity (Wildman–Crippen MR) is 85.6 cm³/mol. The number of hydrogen-bond acceptors (Lipinski definition) is 5. The highest BCUT2D eigenvalue weighted by molar-refractivity contribution is 5.96. The van der Waals surface area contributed by atoms with Gasteiger partial charge in [0, 0.05) is 6.42 Å². The van der Waals surface area contributed by atoms with Crippen LogP contribution >= 0.6 is 0 Å². The van der Waals surface area contributed by atoms with Crippen LogP contribution < -0.4 is 5.73 Å². The summed E-state index contributed by atoms with van der Waals surface area (Å²) in [7, 11) is 0. The number of ether oxygens (including phenoxy) is 1. The summed E-state index contributed by atoms with van der Waals surface area (Å²) >= 11 is 0. The summed E-state index contributed by atoms with van der Waals surface area (Å²) in [5.74, 6) is -0.708. The molecule has 0 aliphatic carbocycles. The predicted octanol–water partition coefficient (Wildman–Crippen LogP) is 1.55. The second kappa shape index (κ2) is 6.99. The van der Waals surface area contributed by atoms with E-state index in [2.05, 4.69) is 0 Å². The van der Waals surface area contributed by atoms with Crippen molar-refractivity contribution in [2.75, 3.05) is 0 Å². The number of ketones is 1. The van der Waals surface area contributed by atoms with Gasteiger partial charge < -0.3 is 15.4 Å². The first-order chi connectivity index (χ1) is 10.7. The van der Waals surface area contributed by atoms with E-state index in [1.165, 1.54) is 4.90 Å². The van der Waals surface area contributed by atoms with Crippen LogP contribution in [0.4, 0.5) is 0 Å². The molecule has 23 heavy (non-hydrogen) atoms. The normalized spacial score (nSPS) is 30.1. The molecule has 2 aliphatic rings. The van der Waals surface area contributed by atoms with E-state index in [9.17, 15) is 14.4 Å². The number of esters is 1. The van der Waals surface area contributed by atoms with Gasteiger partial charge in [0.2, 0.25) is 5.91 Å². The molecule has 0 bridgehead atoms. The van der Waals surface area contributed by atoms with Gasteiger partial charge in [0.15, 0.2) is 5.78 Å². The summed E-state index contributed by atoms with van der Waals surface area (Å²) < 4.78 is 5.50. The van der Waals surface area contributed by atoms with Crippen LogP contribution in [0.3, 0.4) is 0 Å². The molecule has 2 aliphatic heterocycles. The van der Waals surface area contributed by atoms with Crippen molar-refractivity contribution in [3.8, 4) is 0 Å². The van der Waals surface area contributed by atoms with E-state index in [0.29, 0.717) is 25.7 Å². The fourth-order valence-electron chi connectivity index (χ4n) is 3.35. The molecule has 3 atom stereocenters. The Hall–Kier alpha value is -1.43. The van der Waals surface area contributed by atoms with Crippen molar-refractivity contribution < 1.29 is 19.1 Å². The Bertz CT molecular complexity index is 483. The lowest BCUT2D eigenvalue weighted by Crippen LogP contribution is -2.57.